The molecule has 0 aliphatic carbocycles. The van der Waals surface area contributed by atoms with Gasteiger partial charge in [-0.15, -0.1) is 5.10 Å². The maximum atomic E-state index is 12.3. The van der Waals surface area contributed by atoms with Crippen LogP contribution in [0.5, 0.6) is 0 Å². The number of carbonyl (C=O) groups excluding carboxylic acids is 2. The van der Waals surface area contributed by atoms with Crippen LogP contribution in [-0.2, 0) is 16.0 Å². The number of nitrogens with zero attached hydrogens (tertiary/aromatic N) is 4. The highest BCUT2D eigenvalue weighted by Gasteiger charge is 2.31. The number of likely N-dealkylation sites (N-methyl/N-ethyl adjacent to an activating group) is 1. The van der Waals surface area contributed by atoms with E-state index in [0.717, 1.165) is 11.3 Å². The molecule has 0 bridgehead atoms. The minimum atomic E-state index is -0.585. The second-order valence-corrected chi connectivity index (χ2v) is 4.65. The summed E-state index contributed by atoms with van der Waals surface area (Å²) in [4.78, 5) is 25.6. The van der Waals surface area contributed by atoms with Crippen LogP contribution in [0.3, 0.4) is 0 Å². The Balaban J connectivity index is 2.21. The third-order valence-electron chi connectivity index (χ3n) is 3.37. The standard InChI is InChI=1S/C14H14N4O3/c1-3-21-14(20)12-13-17(2)11(19)8-9-6-4-5-7-10(9)18(13)16-15-12/h4-7H,3,8H2,1-2H3. The summed E-state index contributed by atoms with van der Waals surface area (Å²) in [5.41, 5.74) is 1.63. The predicted octanol–water partition coefficient (Wildman–Crippen LogP) is 0.963. The van der Waals surface area contributed by atoms with Gasteiger partial charge in [0, 0.05) is 7.05 Å². The monoisotopic (exact) mass is 286 g/mol. The van der Waals surface area contributed by atoms with Crippen LogP contribution in [0.2, 0.25) is 0 Å². The zero-order chi connectivity index (χ0) is 15.0. The fraction of sp³-hybridized carbons (Fsp3) is 0.286. The highest BCUT2D eigenvalue weighted by molar-refractivity contribution is 6.02. The van der Waals surface area contributed by atoms with E-state index in [2.05, 4.69) is 10.3 Å². The number of carbonyl (C=O) groups is 2. The number of esters is 1. The van der Waals surface area contributed by atoms with E-state index < -0.39 is 5.97 Å². The molecule has 0 spiro atoms. The van der Waals surface area contributed by atoms with Gasteiger partial charge in [-0.05, 0) is 18.6 Å². The number of para-hydroxylation sites is 1. The van der Waals surface area contributed by atoms with Crippen molar-refractivity contribution >= 4 is 17.7 Å². The molecule has 1 aliphatic heterocycles. The van der Waals surface area contributed by atoms with E-state index in [1.54, 1.807) is 14.0 Å². The Labute approximate surface area is 121 Å². The smallest absolute Gasteiger partial charge is 0.362 e. The highest BCUT2D eigenvalue weighted by Crippen LogP contribution is 2.28. The lowest BCUT2D eigenvalue weighted by molar-refractivity contribution is -0.117. The molecule has 1 aliphatic rings. The van der Waals surface area contributed by atoms with Crippen molar-refractivity contribution in [2.75, 3.05) is 18.6 Å². The zero-order valence-corrected chi connectivity index (χ0v) is 11.7. The summed E-state index contributed by atoms with van der Waals surface area (Å²) in [6, 6.07) is 7.42. The molecule has 108 valence electrons. The van der Waals surface area contributed by atoms with E-state index in [9.17, 15) is 9.59 Å². The summed E-state index contributed by atoms with van der Waals surface area (Å²) in [5, 5.41) is 7.90. The SMILES string of the molecule is CCOC(=O)c1nnn2c1N(C)C(=O)Cc1ccccc1-2. The maximum absolute atomic E-state index is 12.3. The molecule has 21 heavy (non-hydrogen) atoms. The molecule has 2 heterocycles. The second-order valence-electron chi connectivity index (χ2n) is 4.65. The van der Waals surface area contributed by atoms with E-state index in [-0.39, 0.29) is 24.6 Å². The zero-order valence-electron chi connectivity index (χ0n) is 11.7. The molecule has 0 atom stereocenters. The van der Waals surface area contributed by atoms with Crippen LogP contribution in [0.1, 0.15) is 23.0 Å². The first-order chi connectivity index (χ1) is 10.1. The third-order valence-corrected chi connectivity index (χ3v) is 3.37. The molecule has 0 saturated heterocycles. The number of hydrogen-bond acceptors (Lipinski definition) is 5. The number of benzene rings is 1. The fourth-order valence-electron chi connectivity index (χ4n) is 2.34. The molecule has 0 radical (unpaired) electrons. The van der Waals surface area contributed by atoms with Crippen LogP contribution in [-0.4, -0.2) is 40.5 Å². The molecule has 1 amide bonds. The average molecular weight is 286 g/mol. The van der Waals surface area contributed by atoms with Crippen LogP contribution in [0.15, 0.2) is 24.3 Å². The minimum Gasteiger partial charge on any atom is -0.461 e. The fourth-order valence-corrected chi connectivity index (χ4v) is 2.34. The highest BCUT2D eigenvalue weighted by atomic mass is 16.5. The van der Waals surface area contributed by atoms with Crippen molar-refractivity contribution < 1.29 is 14.3 Å². The molecular weight excluding hydrogens is 272 g/mol. The second kappa shape index (κ2) is 5.01. The van der Waals surface area contributed by atoms with E-state index >= 15 is 0 Å². The van der Waals surface area contributed by atoms with Crippen molar-refractivity contribution in [1.82, 2.24) is 15.0 Å². The number of ether oxygens (including phenoxy) is 1. The van der Waals surface area contributed by atoms with Gasteiger partial charge in [-0.25, -0.2) is 4.79 Å². The molecule has 0 unspecified atom stereocenters. The lowest BCUT2D eigenvalue weighted by atomic mass is 10.1. The molecule has 0 fully saturated rings. The Kier molecular flexibility index (Phi) is 3.17. The van der Waals surface area contributed by atoms with Gasteiger partial charge in [0.1, 0.15) is 0 Å². The van der Waals surface area contributed by atoms with Crippen molar-refractivity contribution in [3.05, 3.63) is 35.5 Å². The van der Waals surface area contributed by atoms with E-state index in [1.807, 2.05) is 24.3 Å². The van der Waals surface area contributed by atoms with Crippen molar-refractivity contribution in [2.24, 2.45) is 0 Å². The molecule has 7 heteroatoms. The van der Waals surface area contributed by atoms with Crippen LogP contribution in [0.25, 0.3) is 5.69 Å². The van der Waals surface area contributed by atoms with E-state index in [4.69, 9.17) is 4.74 Å². The van der Waals surface area contributed by atoms with Gasteiger partial charge in [0.25, 0.3) is 0 Å². The molecular formula is C14H14N4O3. The molecule has 2 aromatic rings. The van der Waals surface area contributed by atoms with Gasteiger partial charge in [-0.2, -0.15) is 4.68 Å². The number of hydrogen-bond donors (Lipinski definition) is 0. The Morgan fingerprint density at radius 3 is 2.90 bits per heavy atom. The van der Waals surface area contributed by atoms with Gasteiger partial charge >= 0.3 is 5.97 Å². The van der Waals surface area contributed by atoms with Gasteiger partial charge in [0.2, 0.25) is 11.6 Å². The van der Waals surface area contributed by atoms with E-state index in [1.165, 1.54) is 9.58 Å². The summed E-state index contributed by atoms with van der Waals surface area (Å²) in [6.45, 7) is 1.95. The van der Waals surface area contributed by atoms with Crippen LogP contribution < -0.4 is 4.90 Å². The molecule has 0 saturated carbocycles. The van der Waals surface area contributed by atoms with Gasteiger partial charge in [-0.1, -0.05) is 23.4 Å². The Morgan fingerprint density at radius 1 is 1.38 bits per heavy atom. The van der Waals surface area contributed by atoms with Crippen LogP contribution in [0, 0.1) is 0 Å². The van der Waals surface area contributed by atoms with Crippen LogP contribution >= 0.6 is 0 Å². The predicted molar refractivity (Wildman–Crippen MR) is 74.4 cm³/mol. The van der Waals surface area contributed by atoms with Gasteiger partial charge in [-0.3, -0.25) is 9.69 Å². The normalized spacial score (nSPS) is 13.4. The molecule has 1 aromatic heterocycles. The summed E-state index contributed by atoms with van der Waals surface area (Å²) in [5.74, 6) is -0.379. The first kappa shape index (κ1) is 13.3. The van der Waals surface area contributed by atoms with Crippen molar-refractivity contribution in [1.29, 1.82) is 0 Å². The Hall–Kier alpha value is -2.70. The summed E-state index contributed by atoms with van der Waals surface area (Å²) < 4.78 is 6.48. The largest absolute Gasteiger partial charge is 0.461 e. The summed E-state index contributed by atoms with van der Waals surface area (Å²) in [7, 11) is 1.60. The van der Waals surface area contributed by atoms with Gasteiger partial charge in [0.15, 0.2) is 5.82 Å². The third kappa shape index (κ3) is 2.06. The molecule has 3 rings (SSSR count). The summed E-state index contributed by atoms with van der Waals surface area (Å²) >= 11 is 0. The minimum absolute atomic E-state index is 0.0457. The number of fused-ring (bicyclic) bond motifs is 3. The first-order valence-corrected chi connectivity index (χ1v) is 6.61. The number of amides is 1. The quantitative estimate of drug-likeness (QED) is 0.769. The lowest BCUT2D eigenvalue weighted by Gasteiger charge is -2.15. The number of aromatic nitrogens is 3. The van der Waals surface area contributed by atoms with Crippen molar-refractivity contribution in [3.63, 3.8) is 0 Å². The van der Waals surface area contributed by atoms with Gasteiger partial charge in [0.05, 0.1) is 18.7 Å². The van der Waals surface area contributed by atoms with Crippen molar-refractivity contribution in [3.8, 4) is 5.69 Å². The average Bonchev–Trinajstić information content (AvgIpc) is 2.88. The van der Waals surface area contributed by atoms with E-state index in [0.29, 0.717) is 5.82 Å². The Morgan fingerprint density at radius 2 is 2.14 bits per heavy atom. The summed E-state index contributed by atoms with van der Waals surface area (Å²) in [6.07, 6.45) is 0.248. The number of anilines is 1. The lowest BCUT2D eigenvalue weighted by Crippen LogP contribution is -2.29. The van der Waals surface area contributed by atoms with Crippen molar-refractivity contribution in [2.45, 2.75) is 13.3 Å². The van der Waals surface area contributed by atoms with Gasteiger partial charge < -0.3 is 4.74 Å². The molecule has 7 nitrogen and oxygen atoms in total. The molecule has 1 aromatic carbocycles. The molecule has 0 N–H and O–H groups in total. The topological polar surface area (TPSA) is 77.3 Å². The Bertz CT molecular complexity index is 723. The van der Waals surface area contributed by atoms with Crippen LogP contribution in [0.4, 0.5) is 5.82 Å². The number of rotatable bonds is 2. The first-order valence-electron chi connectivity index (χ1n) is 6.61. The maximum Gasteiger partial charge on any atom is 0.362 e.